The first-order chi connectivity index (χ1) is 20.7. The molecule has 1 unspecified atom stereocenters. The second-order valence-corrected chi connectivity index (χ2v) is 12.3. The summed E-state index contributed by atoms with van der Waals surface area (Å²) in [6, 6.07) is 11.1. The van der Waals surface area contributed by atoms with Gasteiger partial charge in [0.05, 0.1) is 16.5 Å². The third kappa shape index (κ3) is 8.16. The number of hydrogen-bond acceptors (Lipinski definition) is 5. The summed E-state index contributed by atoms with van der Waals surface area (Å²) < 4.78 is 0. The Morgan fingerprint density at radius 3 is 2.05 bits per heavy atom. The number of amides is 4. The van der Waals surface area contributed by atoms with Gasteiger partial charge in [0.15, 0.2) is 5.84 Å². The lowest BCUT2D eigenvalue weighted by Gasteiger charge is -2.29. The lowest BCUT2D eigenvalue weighted by atomic mass is 9.98. The molecule has 0 saturated carbocycles. The second kappa shape index (κ2) is 15.7. The van der Waals surface area contributed by atoms with Gasteiger partial charge in [0.1, 0.15) is 5.69 Å². The van der Waals surface area contributed by atoms with Gasteiger partial charge >= 0.3 is 0 Å². The van der Waals surface area contributed by atoms with E-state index < -0.39 is 29.5 Å². The highest BCUT2D eigenvalue weighted by Crippen LogP contribution is 2.39. The average Bonchev–Trinajstić information content (AvgIpc) is 3.48. The van der Waals surface area contributed by atoms with Crippen LogP contribution in [0.25, 0.3) is 0 Å². The minimum absolute atomic E-state index is 0.00534. The Kier molecular flexibility index (Phi) is 12.0. The summed E-state index contributed by atoms with van der Waals surface area (Å²) >= 11 is 18.7. The van der Waals surface area contributed by atoms with Gasteiger partial charge in [-0.15, -0.1) is 5.10 Å². The first kappa shape index (κ1) is 33.0. The van der Waals surface area contributed by atoms with E-state index in [-0.39, 0.29) is 45.0 Å². The molecule has 0 spiro atoms. The van der Waals surface area contributed by atoms with E-state index in [2.05, 4.69) is 12.0 Å². The maximum Gasteiger partial charge on any atom is 0.278 e. The van der Waals surface area contributed by atoms with Gasteiger partial charge in [0.25, 0.3) is 17.7 Å². The molecule has 2 aliphatic rings. The standard InChI is InChI=1S/C32H37Cl3N4O4/c1-2-3-4-5-6-7-8-9-10-12-17-23-18-29(41)39(32(23)43)38(31(42)22-15-13-11-14-16-22)27-21-28(40)37(36-27)30-25(34)19-24(33)20-26(30)35/h11,13-16,19-20,23H,2-10,12,17-18,21H2,1H3. The predicted molar refractivity (Wildman–Crippen MR) is 170 cm³/mol. The molecular weight excluding hydrogens is 611 g/mol. The molecule has 0 aromatic heterocycles. The van der Waals surface area contributed by atoms with E-state index >= 15 is 0 Å². The topological polar surface area (TPSA) is 90.4 Å². The minimum Gasteiger partial charge on any atom is -0.272 e. The number of rotatable bonds is 14. The number of carbonyl (C=O) groups is 4. The molecule has 2 aromatic carbocycles. The first-order valence-electron chi connectivity index (χ1n) is 15.0. The zero-order chi connectivity index (χ0) is 30.9. The van der Waals surface area contributed by atoms with Crippen molar-refractivity contribution in [2.75, 3.05) is 5.01 Å². The molecule has 0 radical (unpaired) electrons. The van der Waals surface area contributed by atoms with Crippen LogP contribution in [0.1, 0.15) is 101 Å². The fourth-order valence-corrected chi connectivity index (χ4v) is 6.44. The third-order valence-corrected chi connectivity index (χ3v) is 8.53. The number of hydrogen-bond donors (Lipinski definition) is 0. The van der Waals surface area contributed by atoms with Crippen LogP contribution in [0.5, 0.6) is 0 Å². The average molecular weight is 648 g/mol. The fourth-order valence-electron chi connectivity index (χ4n) is 5.47. The van der Waals surface area contributed by atoms with Crippen molar-refractivity contribution < 1.29 is 19.2 Å². The van der Waals surface area contributed by atoms with E-state index in [4.69, 9.17) is 34.8 Å². The van der Waals surface area contributed by atoms with Gasteiger partial charge in [-0.1, -0.05) is 124 Å². The summed E-state index contributed by atoms with van der Waals surface area (Å²) in [5.74, 6) is -2.79. The Labute approximate surface area is 267 Å². The molecule has 0 bridgehead atoms. The van der Waals surface area contributed by atoms with Crippen molar-refractivity contribution in [3.05, 3.63) is 63.1 Å². The molecule has 230 valence electrons. The number of halogens is 3. The van der Waals surface area contributed by atoms with Crippen LogP contribution in [0.15, 0.2) is 47.6 Å². The van der Waals surface area contributed by atoms with Gasteiger partial charge in [-0.2, -0.15) is 15.0 Å². The maximum atomic E-state index is 13.8. The summed E-state index contributed by atoms with van der Waals surface area (Å²) in [6.07, 6.45) is 11.9. The molecule has 2 aromatic rings. The van der Waals surface area contributed by atoms with Gasteiger partial charge in [-0.05, 0) is 30.7 Å². The molecule has 1 atom stereocenters. The molecular formula is C32H37Cl3N4O4. The molecule has 11 heteroatoms. The highest BCUT2D eigenvalue weighted by Gasteiger charge is 2.47. The van der Waals surface area contributed by atoms with Crippen LogP contribution >= 0.6 is 34.8 Å². The SMILES string of the molecule is CCCCCCCCCCCCC1CC(=O)N(N(C(=O)c2ccccc2)C2=NN(c3c(Cl)cc(Cl)cc3Cl)C(=O)C2)C1=O. The zero-order valence-electron chi connectivity index (χ0n) is 24.4. The van der Waals surface area contributed by atoms with Crippen molar-refractivity contribution in [3.8, 4) is 0 Å². The fraction of sp³-hybridized carbons (Fsp3) is 0.469. The number of unbranched alkanes of at least 4 members (excludes halogenated alkanes) is 9. The normalized spacial score (nSPS) is 16.8. The molecule has 8 nitrogen and oxygen atoms in total. The maximum absolute atomic E-state index is 13.8. The summed E-state index contributed by atoms with van der Waals surface area (Å²) in [7, 11) is 0. The van der Waals surface area contributed by atoms with Crippen LogP contribution in [-0.2, 0) is 14.4 Å². The Morgan fingerprint density at radius 1 is 0.860 bits per heavy atom. The Hall–Kier alpha value is -2.94. The molecule has 0 aliphatic carbocycles. The van der Waals surface area contributed by atoms with Crippen molar-refractivity contribution in [1.29, 1.82) is 0 Å². The molecule has 1 fully saturated rings. The number of amidine groups is 1. The molecule has 4 amide bonds. The number of carbonyl (C=O) groups excluding carboxylic acids is 4. The summed E-state index contributed by atoms with van der Waals surface area (Å²) in [5.41, 5.74) is 0.329. The van der Waals surface area contributed by atoms with Crippen molar-refractivity contribution >= 4 is 70.0 Å². The lowest BCUT2D eigenvalue weighted by Crippen LogP contribution is -2.52. The lowest BCUT2D eigenvalue weighted by molar-refractivity contribution is -0.149. The number of anilines is 1. The molecule has 4 rings (SSSR count). The smallest absolute Gasteiger partial charge is 0.272 e. The molecule has 2 heterocycles. The molecule has 1 saturated heterocycles. The first-order valence-corrected chi connectivity index (χ1v) is 16.2. The monoisotopic (exact) mass is 646 g/mol. The summed E-state index contributed by atoms with van der Waals surface area (Å²) in [5, 5.41) is 7.57. The van der Waals surface area contributed by atoms with Gasteiger partial charge in [0.2, 0.25) is 5.91 Å². The van der Waals surface area contributed by atoms with E-state index in [1.165, 1.54) is 57.1 Å². The van der Waals surface area contributed by atoms with Crippen molar-refractivity contribution in [2.24, 2.45) is 11.0 Å². The summed E-state index contributed by atoms with van der Waals surface area (Å²) in [4.78, 5) is 53.8. The number of hydrazine groups is 1. The molecule has 2 aliphatic heterocycles. The van der Waals surface area contributed by atoms with Gasteiger partial charge in [0, 0.05) is 22.9 Å². The quantitative estimate of drug-likeness (QED) is 0.152. The number of benzene rings is 2. The van der Waals surface area contributed by atoms with Gasteiger partial charge < -0.3 is 0 Å². The minimum atomic E-state index is -0.649. The van der Waals surface area contributed by atoms with E-state index in [0.29, 0.717) is 6.42 Å². The largest absolute Gasteiger partial charge is 0.278 e. The number of hydrazone groups is 1. The Bertz CT molecular complexity index is 1340. The molecule has 0 N–H and O–H groups in total. The van der Waals surface area contributed by atoms with Crippen LogP contribution in [0.3, 0.4) is 0 Å². The second-order valence-electron chi connectivity index (χ2n) is 11.0. The van der Waals surface area contributed by atoms with Crippen LogP contribution in [0.4, 0.5) is 5.69 Å². The number of nitrogens with zero attached hydrogens (tertiary/aromatic N) is 4. The van der Waals surface area contributed by atoms with E-state index in [9.17, 15) is 19.2 Å². The van der Waals surface area contributed by atoms with Crippen molar-refractivity contribution in [1.82, 2.24) is 10.0 Å². The zero-order valence-corrected chi connectivity index (χ0v) is 26.6. The van der Waals surface area contributed by atoms with Gasteiger partial charge in [-0.25, -0.2) is 0 Å². The van der Waals surface area contributed by atoms with E-state index in [1.54, 1.807) is 30.3 Å². The summed E-state index contributed by atoms with van der Waals surface area (Å²) in [6.45, 7) is 2.22. The Balaban J connectivity index is 1.48. The van der Waals surface area contributed by atoms with Crippen LogP contribution < -0.4 is 5.01 Å². The van der Waals surface area contributed by atoms with Crippen molar-refractivity contribution in [3.63, 3.8) is 0 Å². The van der Waals surface area contributed by atoms with Crippen LogP contribution in [0, 0.1) is 5.92 Å². The third-order valence-electron chi connectivity index (χ3n) is 7.73. The van der Waals surface area contributed by atoms with Crippen molar-refractivity contribution in [2.45, 2.75) is 90.4 Å². The predicted octanol–water partition coefficient (Wildman–Crippen LogP) is 8.44. The van der Waals surface area contributed by atoms with E-state index in [0.717, 1.165) is 34.3 Å². The highest BCUT2D eigenvalue weighted by atomic mass is 35.5. The number of imide groups is 1. The highest BCUT2D eigenvalue weighted by molar-refractivity contribution is 6.42. The van der Waals surface area contributed by atoms with Crippen LogP contribution in [-0.4, -0.2) is 39.5 Å². The Morgan fingerprint density at radius 2 is 1.44 bits per heavy atom. The van der Waals surface area contributed by atoms with E-state index in [1.807, 2.05) is 0 Å². The van der Waals surface area contributed by atoms with Gasteiger partial charge in [-0.3, -0.25) is 19.2 Å². The molecule has 43 heavy (non-hydrogen) atoms. The van der Waals surface area contributed by atoms with Crippen LogP contribution in [0.2, 0.25) is 15.1 Å².